The Hall–Kier alpha value is -2.27. The van der Waals surface area contributed by atoms with Crippen molar-refractivity contribution in [3.8, 4) is 28.4 Å². The van der Waals surface area contributed by atoms with E-state index in [1.165, 1.54) is 0 Å². The molecule has 0 unspecified atom stereocenters. The molecule has 3 rings (SSSR count). The second kappa shape index (κ2) is 6.23. The minimum absolute atomic E-state index is 0.843. The molecule has 0 aliphatic carbocycles. The highest BCUT2D eigenvalue weighted by molar-refractivity contribution is 7.98. The average molecular weight is 311 g/mol. The van der Waals surface area contributed by atoms with E-state index in [1.807, 2.05) is 31.4 Å². The minimum Gasteiger partial charge on any atom is -0.496 e. The molecule has 3 aromatic rings. The number of hydrogen-bond donors (Lipinski definition) is 1. The van der Waals surface area contributed by atoms with Crippen LogP contribution < -0.4 is 4.74 Å². The lowest BCUT2D eigenvalue weighted by Gasteiger charge is -2.07. The van der Waals surface area contributed by atoms with Crippen LogP contribution >= 0.6 is 11.8 Å². The van der Waals surface area contributed by atoms with Gasteiger partial charge in [-0.2, -0.15) is 0 Å². The fraction of sp³-hybridized carbons (Fsp3) is 0.176. The third kappa shape index (κ3) is 2.72. The molecule has 0 atom stereocenters. The van der Waals surface area contributed by atoms with Crippen molar-refractivity contribution in [2.75, 3.05) is 13.4 Å². The first-order valence-electron chi connectivity index (χ1n) is 6.92. The van der Waals surface area contributed by atoms with Crippen molar-refractivity contribution in [2.45, 2.75) is 11.8 Å². The van der Waals surface area contributed by atoms with E-state index in [9.17, 15) is 0 Å². The highest BCUT2D eigenvalue weighted by Gasteiger charge is 2.12. The molecule has 0 spiro atoms. The summed E-state index contributed by atoms with van der Waals surface area (Å²) in [5.41, 5.74) is 4.08. The van der Waals surface area contributed by atoms with E-state index in [2.05, 4.69) is 27.1 Å². The molecule has 0 saturated carbocycles. The number of nitrogens with zero attached hydrogens (tertiary/aromatic N) is 2. The minimum atomic E-state index is 0.843. The summed E-state index contributed by atoms with van der Waals surface area (Å²) in [7, 11) is 1.69. The highest BCUT2D eigenvalue weighted by Crippen LogP contribution is 2.32. The lowest BCUT2D eigenvalue weighted by atomic mass is 10.2. The zero-order chi connectivity index (χ0) is 15.5. The summed E-state index contributed by atoms with van der Waals surface area (Å²) in [5.74, 6) is 1.71. The molecule has 0 fully saturated rings. The van der Waals surface area contributed by atoms with Gasteiger partial charge >= 0.3 is 0 Å². The number of ether oxygens (including phenoxy) is 1. The first kappa shape index (κ1) is 14.7. The average Bonchev–Trinajstić information content (AvgIpc) is 2.97. The molecular weight excluding hydrogens is 294 g/mol. The van der Waals surface area contributed by atoms with Crippen LogP contribution in [0.5, 0.6) is 5.75 Å². The quantitative estimate of drug-likeness (QED) is 0.734. The standard InChI is InChI=1S/C17H17N3OS/c1-11-16(12-6-8-18-9-7-12)20-17(19-11)13-4-5-15(22-3)14(10-13)21-2/h4-10H,1-3H3,(H,19,20). The third-order valence-corrected chi connectivity index (χ3v) is 4.29. The number of benzene rings is 1. The van der Waals surface area contributed by atoms with Crippen LogP contribution in [0.2, 0.25) is 0 Å². The number of H-pyrrole nitrogens is 1. The van der Waals surface area contributed by atoms with Crippen molar-refractivity contribution >= 4 is 11.8 Å². The molecule has 0 saturated heterocycles. The van der Waals surface area contributed by atoms with Crippen molar-refractivity contribution in [3.05, 3.63) is 48.4 Å². The van der Waals surface area contributed by atoms with E-state index in [4.69, 9.17) is 4.74 Å². The molecular formula is C17H17N3OS. The second-order valence-corrected chi connectivity index (χ2v) is 5.70. The molecule has 2 heterocycles. The third-order valence-electron chi connectivity index (χ3n) is 3.51. The normalized spacial score (nSPS) is 10.7. The van der Waals surface area contributed by atoms with Gasteiger partial charge in [-0.1, -0.05) is 0 Å². The number of thioether (sulfide) groups is 1. The molecule has 4 nitrogen and oxygen atoms in total. The first-order valence-corrected chi connectivity index (χ1v) is 8.15. The Labute approximate surface area is 134 Å². The van der Waals surface area contributed by atoms with Crippen molar-refractivity contribution in [1.29, 1.82) is 0 Å². The maximum atomic E-state index is 5.45. The van der Waals surface area contributed by atoms with E-state index >= 15 is 0 Å². The van der Waals surface area contributed by atoms with E-state index in [-0.39, 0.29) is 0 Å². The molecule has 2 aromatic heterocycles. The molecule has 0 bridgehead atoms. The number of methoxy groups -OCH3 is 1. The summed E-state index contributed by atoms with van der Waals surface area (Å²) in [6.45, 7) is 2.00. The molecule has 0 aliphatic rings. The van der Waals surface area contributed by atoms with E-state index < -0.39 is 0 Å². The number of hydrogen-bond acceptors (Lipinski definition) is 4. The Morgan fingerprint density at radius 2 is 1.86 bits per heavy atom. The van der Waals surface area contributed by atoms with Crippen LogP contribution in [0.3, 0.4) is 0 Å². The van der Waals surface area contributed by atoms with Gasteiger partial charge in [0.25, 0.3) is 0 Å². The first-order chi connectivity index (χ1) is 10.7. The fourth-order valence-corrected chi connectivity index (χ4v) is 2.93. The van der Waals surface area contributed by atoms with Gasteiger partial charge in [-0.15, -0.1) is 11.8 Å². The van der Waals surface area contributed by atoms with Gasteiger partial charge in [0.15, 0.2) is 0 Å². The van der Waals surface area contributed by atoms with Gasteiger partial charge < -0.3 is 9.72 Å². The van der Waals surface area contributed by atoms with Crippen LogP contribution in [0, 0.1) is 6.92 Å². The summed E-state index contributed by atoms with van der Waals surface area (Å²) in [5, 5.41) is 0. The van der Waals surface area contributed by atoms with Gasteiger partial charge in [-0.05, 0) is 43.5 Å². The van der Waals surface area contributed by atoms with Crippen molar-refractivity contribution in [3.63, 3.8) is 0 Å². The SMILES string of the molecule is COc1cc(-c2nc(C)c(-c3ccncc3)[nH]2)ccc1SC. The van der Waals surface area contributed by atoms with Gasteiger partial charge in [0, 0.05) is 28.4 Å². The number of aromatic amines is 1. The van der Waals surface area contributed by atoms with Crippen LogP contribution in [0.4, 0.5) is 0 Å². The number of imidazole rings is 1. The summed E-state index contributed by atoms with van der Waals surface area (Å²) >= 11 is 1.67. The van der Waals surface area contributed by atoms with Crippen LogP contribution in [0.1, 0.15) is 5.69 Å². The van der Waals surface area contributed by atoms with Gasteiger partial charge in [-0.25, -0.2) is 4.98 Å². The number of pyridine rings is 1. The molecule has 1 aromatic carbocycles. The molecule has 112 valence electrons. The van der Waals surface area contributed by atoms with Crippen LogP contribution in [0.25, 0.3) is 22.6 Å². The predicted molar refractivity (Wildman–Crippen MR) is 90.3 cm³/mol. The van der Waals surface area contributed by atoms with Gasteiger partial charge in [0.2, 0.25) is 0 Å². The van der Waals surface area contributed by atoms with Gasteiger partial charge in [-0.3, -0.25) is 4.98 Å². The Morgan fingerprint density at radius 1 is 1.09 bits per heavy atom. The Kier molecular flexibility index (Phi) is 4.15. The summed E-state index contributed by atoms with van der Waals surface area (Å²) in [6, 6.07) is 10.1. The summed E-state index contributed by atoms with van der Waals surface area (Å²) < 4.78 is 5.45. The van der Waals surface area contributed by atoms with E-state index in [0.29, 0.717) is 0 Å². The highest BCUT2D eigenvalue weighted by atomic mass is 32.2. The number of aryl methyl sites for hydroxylation is 1. The zero-order valence-electron chi connectivity index (χ0n) is 12.8. The van der Waals surface area contributed by atoms with Crippen molar-refractivity contribution < 1.29 is 4.74 Å². The van der Waals surface area contributed by atoms with Crippen LogP contribution in [-0.4, -0.2) is 28.3 Å². The van der Waals surface area contributed by atoms with Gasteiger partial charge in [0.05, 0.1) is 18.5 Å². The van der Waals surface area contributed by atoms with Gasteiger partial charge in [0.1, 0.15) is 11.6 Å². The largest absolute Gasteiger partial charge is 0.496 e. The number of aromatic nitrogens is 3. The maximum absolute atomic E-state index is 5.45. The van der Waals surface area contributed by atoms with Crippen molar-refractivity contribution in [2.24, 2.45) is 0 Å². The molecule has 0 aliphatic heterocycles. The molecule has 0 radical (unpaired) electrons. The monoisotopic (exact) mass is 311 g/mol. The maximum Gasteiger partial charge on any atom is 0.138 e. The van der Waals surface area contributed by atoms with Crippen molar-refractivity contribution in [1.82, 2.24) is 15.0 Å². The van der Waals surface area contributed by atoms with Crippen LogP contribution in [-0.2, 0) is 0 Å². The molecule has 0 amide bonds. The molecule has 5 heteroatoms. The summed E-state index contributed by atoms with van der Waals surface area (Å²) in [6.07, 6.45) is 5.60. The number of rotatable bonds is 4. The smallest absolute Gasteiger partial charge is 0.138 e. The molecule has 1 N–H and O–H groups in total. The number of nitrogens with one attached hydrogen (secondary N) is 1. The molecule has 22 heavy (non-hydrogen) atoms. The Bertz CT molecular complexity index is 784. The predicted octanol–water partition coefficient (Wildman–Crippen LogP) is 4.18. The lowest BCUT2D eigenvalue weighted by Crippen LogP contribution is -1.88. The zero-order valence-corrected chi connectivity index (χ0v) is 13.6. The summed E-state index contributed by atoms with van der Waals surface area (Å²) in [4.78, 5) is 13.2. The lowest BCUT2D eigenvalue weighted by molar-refractivity contribution is 0.405. The Balaban J connectivity index is 2.03. The van der Waals surface area contributed by atoms with Crippen LogP contribution in [0.15, 0.2) is 47.6 Å². The topological polar surface area (TPSA) is 50.8 Å². The van der Waals surface area contributed by atoms with E-state index in [1.54, 1.807) is 31.3 Å². The second-order valence-electron chi connectivity index (χ2n) is 4.85. The fourth-order valence-electron chi connectivity index (χ4n) is 2.38. The van der Waals surface area contributed by atoms with E-state index in [0.717, 1.165) is 39.0 Å². The Morgan fingerprint density at radius 3 is 2.55 bits per heavy atom.